The number of halogens is 1. The van der Waals surface area contributed by atoms with Crippen molar-refractivity contribution in [2.24, 2.45) is 5.92 Å². The van der Waals surface area contributed by atoms with Gasteiger partial charge in [0.2, 0.25) is 5.89 Å². The average molecular weight is 215 g/mol. The SMILES string of the molecule is CC(Cl)c1noc(C2CCCC2C)n1. The summed E-state index contributed by atoms with van der Waals surface area (Å²) in [6, 6.07) is 0. The molecule has 0 radical (unpaired) electrons. The maximum Gasteiger partial charge on any atom is 0.230 e. The summed E-state index contributed by atoms with van der Waals surface area (Å²) < 4.78 is 5.23. The van der Waals surface area contributed by atoms with Gasteiger partial charge in [-0.15, -0.1) is 11.6 Å². The minimum absolute atomic E-state index is 0.163. The minimum atomic E-state index is -0.163. The summed E-state index contributed by atoms with van der Waals surface area (Å²) in [6.45, 7) is 4.10. The fourth-order valence-electron chi connectivity index (χ4n) is 2.07. The molecule has 0 aliphatic heterocycles. The highest BCUT2D eigenvalue weighted by Gasteiger charge is 2.29. The van der Waals surface area contributed by atoms with E-state index in [4.69, 9.17) is 16.1 Å². The monoisotopic (exact) mass is 214 g/mol. The summed E-state index contributed by atoms with van der Waals surface area (Å²) in [7, 11) is 0. The third-order valence-corrected chi connectivity index (χ3v) is 3.19. The van der Waals surface area contributed by atoms with Gasteiger partial charge in [-0.3, -0.25) is 0 Å². The molecule has 4 heteroatoms. The van der Waals surface area contributed by atoms with Crippen molar-refractivity contribution in [3.05, 3.63) is 11.7 Å². The molecule has 1 aromatic rings. The first-order chi connectivity index (χ1) is 6.68. The van der Waals surface area contributed by atoms with E-state index in [1.807, 2.05) is 6.92 Å². The van der Waals surface area contributed by atoms with E-state index in [9.17, 15) is 0 Å². The lowest BCUT2D eigenvalue weighted by molar-refractivity contribution is 0.328. The molecule has 14 heavy (non-hydrogen) atoms. The van der Waals surface area contributed by atoms with Crippen LogP contribution in [-0.2, 0) is 0 Å². The highest BCUT2D eigenvalue weighted by atomic mass is 35.5. The van der Waals surface area contributed by atoms with Crippen LogP contribution in [0.1, 0.15) is 56.1 Å². The molecule has 0 N–H and O–H groups in total. The number of alkyl halides is 1. The Kier molecular flexibility index (Phi) is 2.77. The van der Waals surface area contributed by atoms with Crippen molar-refractivity contribution in [3.8, 4) is 0 Å². The molecular weight excluding hydrogens is 200 g/mol. The van der Waals surface area contributed by atoms with Gasteiger partial charge in [0.1, 0.15) is 0 Å². The van der Waals surface area contributed by atoms with Crippen LogP contribution < -0.4 is 0 Å². The van der Waals surface area contributed by atoms with Crippen molar-refractivity contribution < 1.29 is 4.52 Å². The zero-order chi connectivity index (χ0) is 10.1. The summed E-state index contributed by atoms with van der Waals surface area (Å²) in [5, 5.41) is 3.71. The molecular formula is C10H15ClN2O. The first-order valence-electron chi connectivity index (χ1n) is 5.16. The predicted molar refractivity (Wildman–Crippen MR) is 54.3 cm³/mol. The van der Waals surface area contributed by atoms with Gasteiger partial charge in [-0.1, -0.05) is 18.5 Å². The van der Waals surface area contributed by atoms with Crippen LogP contribution in [0.4, 0.5) is 0 Å². The maximum atomic E-state index is 5.87. The van der Waals surface area contributed by atoms with Crippen molar-refractivity contribution in [1.29, 1.82) is 0 Å². The first-order valence-corrected chi connectivity index (χ1v) is 5.59. The summed E-state index contributed by atoms with van der Waals surface area (Å²) >= 11 is 5.87. The average Bonchev–Trinajstić information content (AvgIpc) is 2.71. The molecule has 0 spiro atoms. The highest BCUT2D eigenvalue weighted by Crippen LogP contribution is 2.38. The second-order valence-corrected chi connectivity index (χ2v) is 4.78. The fourth-order valence-corrected chi connectivity index (χ4v) is 2.16. The molecule has 1 saturated carbocycles. The molecule has 0 saturated heterocycles. The molecule has 1 heterocycles. The molecule has 0 bridgehead atoms. The molecule has 1 aromatic heterocycles. The van der Waals surface area contributed by atoms with Crippen LogP contribution in [-0.4, -0.2) is 10.1 Å². The number of aromatic nitrogens is 2. The normalized spacial score (nSPS) is 29.4. The Hall–Kier alpha value is -0.570. The lowest BCUT2D eigenvalue weighted by Gasteiger charge is -2.08. The molecule has 1 aliphatic rings. The third-order valence-electron chi connectivity index (χ3n) is 2.99. The van der Waals surface area contributed by atoms with Gasteiger partial charge in [-0.2, -0.15) is 4.98 Å². The van der Waals surface area contributed by atoms with Gasteiger partial charge >= 0.3 is 0 Å². The summed E-state index contributed by atoms with van der Waals surface area (Å²) in [6.07, 6.45) is 3.69. The molecule has 3 unspecified atom stereocenters. The van der Waals surface area contributed by atoms with Gasteiger partial charge in [0.05, 0.1) is 5.38 Å². The Morgan fingerprint density at radius 3 is 2.79 bits per heavy atom. The van der Waals surface area contributed by atoms with Gasteiger partial charge in [0.25, 0.3) is 0 Å². The highest BCUT2D eigenvalue weighted by molar-refractivity contribution is 6.20. The Balaban J connectivity index is 2.16. The standard InChI is InChI=1S/C10H15ClN2O/c1-6-4-3-5-8(6)10-12-9(7(2)11)13-14-10/h6-8H,3-5H2,1-2H3. The van der Waals surface area contributed by atoms with E-state index in [2.05, 4.69) is 17.1 Å². The molecule has 78 valence electrons. The van der Waals surface area contributed by atoms with Gasteiger partial charge < -0.3 is 4.52 Å². The zero-order valence-electron chi connectivity index (χ0n) is 8.53. The van der Waals surface area contributed by atoms with E-state index in [-0.39, 0.29) is 5.38 Å². The number of nitrogens with zero attached hydrogens (tertiary/aromatic N) is 2. The van der Waals surface area contributed by atoms with E-state index in [1.165, 1.54) is 19.3 Å². The van der Waals surface area contributed by atoms with E-state index in [0.29, 0.717) is 17.7 Å². The van der Waals surface area contributed by atoms with Gasteiger partial charge in [0, 0.05) is 5.92 Å². The Bertz CT molecular complexity index is 311. The molecule has 0 amide bonds. The third kappa shape index (κ3) is 1.78. The summed E-state index contributed by atoms with van der Waals surface area (Å²) in [4.78, 5) is 4.33. The van der Waals surface area contributed by atoms with Crippen molar-refractivity contribution in [1.82, 2.24) is 10.1 Å². The van der Waals surface area contributed by atoms with Crippen LogP contribution in [0.5, 0.6) is 0 Å². The van der Waals surface area contributed by atoms with E-state index in [1.54, 1.807) is 0 Å². The fraction of sp³-hybridized carbons (Fsp3) is 0.800. The van der Waals surface area contributed by atoms with Crippen molar-refractivity contribution in [2.45, 2.75) is 44.4 Å². The Morgan fingerprint density at radius 2 is 2.29 bits per heavy atom. The van der Waals surface area contributed by atoms with Crippen LogP contribution in [0.25, 0.3) is 0 Å². The van der Waals surface area contributed by atoms with Gasteiger partial charge in [-0.25, -0.2) is 0 Å². The topological polar surface area (TPSA) is 38.9 Å². The number of hydrogen-bond acceptors (Lipinski definition) is 3. The lowest BCUT2D eigenvalue weighted by Crippen LogP contribution is -2.02. The zero-order valence-corrected chi connectivity index (χ0v) is 9.29. The summed E-state index contributed by atoms with van der Waals surface area (Å²) in [5.74, 6) is 2.50. The molecule has 2 rings (SSSR count). The van der Waals surface area contributed by atoms with Crippen LogP contribution >= 0.6 is 11.6 Å². The van der Waals surface area contributed by atoms with Gasteiger partial charge in [-0.05, 0) is 25.7 Å². The van der Waals surface area contributed by atoms with Gasteiger partial charge in [0.15, 0.2) is 5.82 Å². The molecule has 1 fully saturated rings. The largest absolute Gasteiger partial charge is 0.339 e. The van der Waals surface area contributed by atoms with Crippen molar-refractivity contribution in [3.63, 3.8) is 0 Å². The smallest absolute Gasteiger partial charge is 0.230 e. The van der Waals surface area contributed by atoms with E-state index in [0.717, 1.165) is 5.89 Å². The van der Waals surface area contributed by atoms with Crippen LogP contribution in [0.2, 0.25) is 0 Å². The quantitative estimate of drug-likeness (QED) is 0.710. The lowest BCUT2D eigenvalue weighted by atomic mass is 9.98. The molecule has 1 aliphatic carbocycles. The number of rotatable bonds is 2. The number of hydrogen-bond donors (Lipinski definition) is 0. The first kappa shape index (κ1) is 9.97. The second kappa shape index (κ2) is 3.89. The maximum absolute atomic E-state index is 5.87. The molecule has 0 aromatic carbocycles. The van der Waals surface area contributed by atoms with Crippen molar-refractivity contribution in [2.75, 3.05) is 0 Å². The predicted octanol–water partition coefficient (Wildman–Crippen LogP) is 3.27. The molecule has 3 nitrogen and oxygen atoms in total. The Labute approximate surface area is 88.8 Å². The molecule has 3 atom stereocenters. The van der Waals surface area contributed by atoms with Crippen molar-refractivity contribution >= 4 is 11.6 Å². The van der Waals surface area contributed by atoms with Crippen LogP contribution in [0.15, 0.2) is 4.52 Å². The second-order valence-electron chi connectivity index (χ2n) is 4.12. The Morgan fingerprint density at radius 1 is 1.50 bits per heavy atom. The van der Waals surface area contributed by atoms with E-state index < -0.39 is 0 Å². The van der Waals surface area contributed by atoms with Crippen LogP contribution in [0.3, 0.4) is 0 Å². The van der Waals surface area contributed by atoms with Crippen LogP contribution in [0, 0.1) is 5.92 Å². The minimum Gasteiger partial charge on any atom is -0.339 e. The van der Waals surface area contributed by atoms with E-state index >= 15 is 0 Å². The summed E-state index contributed by atoms with van der Waals surface area (Å²) in [5.41, 5.74) is 0.